The third-order valence-electron chi connectivity index (χ3n) is 6.50. The Labute approximate surface area is 226 Å². The summed E-state index contributed by atoms with van der Waals surface area (Å²) < 4.78 is 0. The molecule has 0 bridgehead atoms. The van der Waals surface area contributed by atoms with Gasteiger partial charge in [-0.2, -0.15) is 0 Å². The number of hydrogen-bond acceptors (Lipinski definition) is 5. The van der Waals surface area contributed by atoms with E-state index in [1.165, 1.54) is 0 Å². The van der Waals surface area contributed by atoms with Crippen molar-refractivity contribution < 1.29 is 9.59 Å². The van der Waals surface area contributed by atoms with Crippen LogP contribution in [-0.2, 0) is 4.79 Å². The van der Waals surface area contributed by atoms with Crippen molar-refractivity contribution in [3.05, 3.63) is 101 Å². The van der Waals surface area contributed by atoms with E-state index in [1.807, 2.05) is 67.5 Å². The molecule has 0 radical (unpaired) electrons. The van der Waals surface area contributed by atoms with Crippen LogP contribution in [0.1, 0.15) is 21.5 Å². The normalized spacial score (nSPS) is 13.9. The van der Waals surface area contributed by atoms with Crippen molar-refractivity contribution in [2.75, 3.05) is 44.9 Å². The summed E-state index contributed by atoms with van der Waals surface area (Å²) in [5.41, 5.74) is 5.65. The Kier molecular flexibility index (Phi) is 7.13. The molecule has 0 spiro atoms. The first-order valence-corrected chi connectivity index (χ1v) is 12.7. The molecule has 0 saturated carbocycles. The minimum atomic E-state index is -0.217. The van der Waals surface area contributed by atoms with Gasteiger partial charge in [0.15, 0.2) is 0 Å². The average molecular weight is 526 g/mol. The molecule has 1 aliphatic rings. The van der Waals surface area contributed by atoms with Gasteiger partial charge in [0.25, 0.3) is 11.8 Å². The van der Waals surface area contributed by atoms with Gasteiger partial charge in [-0.3, -0.25) is 14.6 Å². The zero-order valence-electron chi connectivity index (χ0n) is 21.5. The number of anilines is 2. The maximum absolute atomic E-state index is 13.2. The molecule has 2 amide bonds. The number of benzene rings is 3. The molecular formula is C30H28ClN5O2. The minimum absolute atomic E-state index is 0.0417. The highest BCUT2D eigenvalue weighted by molar-refractivity contribution is 6.38. The number of carbonyl (C=O) groups excluding carboxylic acids is 2. The number of halogens is 1. The number of carbonyl (C=O) groups is 2. The Morgan fingerprint density at radius 2 is 1.71 bits per heavy atom. The first-order chi connectivity index (χ1) is 18.3. The summed E-state index contributed by atoms with van der Waals surface area (Å²) in [7, 11) is 5.76. The molecule has 3 aromatic carbocycles. The highest BCUT2D eigenvalue weighted by atomic mass is 35.5. The first-order valence-electron chi connectivity index (χ1n) is 12.3. The van der Waals surface area contributed by atoms with Gasteiger partial charge in [0.1, 0.15) is 0 Å². The highest BCUT2D eigenvalue weighted by Gasteiger charge is 2.29. The Morgan fingerprint density at radius 3 is 2.47 bits per heavy atom. The van der Waals surface area contributed by atoms with Crippen LogP contribution in [0.15, 0.2) is 79.0 Å². The van der Waals surface area contributed by atoms with Crippen molar-refractivity contribution in [1.82, 2.24) is 14.8 Å². The van der Waals surface area contributed by atoms with Crippen LogP contribution in [0.4, 0.5) is 11.4 Å². The van der Waals surface area contributed by atoms with E-state index in [0.717, 1.165) is 34.3 Å². The monoisotopic (exact) mass is 525 g/mol. The molecule has 4 aromatic rings. The van der Waals surface area contributed by atoms with Crippen molar-refractivity contribution in [2.45, 2.75) is 0 Å². The third-order valence-corrected chi connectivity index (χ3v) is 6.73. The second kappa shape index (κ2) is 10.7. The van der Waals surface area contributed by atoms with Crippen LogP contribution in [0.2, 0.25) is 5.02 Å². The smallest absolute Gasteiger partial charge is 0.258 e. The molecule has 38 heavy (non-hydrogen) atoms. The van der Waals surface area contributed by atoms with Crippen LogP contribution >= 0.6 is 11.6 Å². The van der Waals surface area contributed by atoms with Gasteiger partial charge < -0.3 is 20.4 Å². The highest BCUT2D eigenvalue weighted by Crippen LogP contribution is 2.39. The number of nitrogens with one attached hydrogen (secondary N) is 2. The largest absolute Gasteiger partial charge is 0.354 e. The maximum atomic E-state index is 13.2. The molecule has 0 aliphatic carbocycles. The number of aromatic nitrogens is 1. The Morgan fingerprint density at radius 1 is 0.947 bits per heavy atom. The number of likely N-dealkylation sites (N-methyl/N-ethyl adjacent to an activating group) is 2. The summed E-state index contributed by atoms with van der Waals surface area (Å²) >= 11 is 6.18. The number of rotatable bonds is 7. The lowest BCUT2D eigenvalue weighted by Gasteiger charge is -2.20. The minimum Gasteiger partial charge on any atom is -0.354 e. The van der Waals surface area contributed by atoms with E-state index in [0.29, 0.717) is 34.1 Å². The number of amides is 2. The zero-order chi connectivity index (χ0) is 26.8. The standard InChI is InChI=1S/C30H28ClN5O2/c1-35(2)15-16-36(3)30(38)19-6-10-23(11-7-19)33-28(21-8-13-25-20(17-21)5-4-14-32-25)27-24-12-9-22(31)18-26(24)34-29(27)37/h4-14,17-18,33H,15-16H2,1-3H3,(H,34,37)/b28-27-. The van der Waals surface area contributed by atoms with Crippen LogP contribution < -0.4 is 10.6 Å². The van der Waals surface area contributed by atoms with Crippen LogP contribution in [0, 0.1) is 0 Å². The second-order valence-electron chi connectivity index (χ2n) is 9.54. The molecular weight excluding hydrogens is 498 g/mol. The van der Waals surface area contributed by atoms with Gasteiger partial charge in [0.2, 0.25) is 0 Å². The number of hydrogen-bond donors (Lipinski definition) is 2. The summed E-state index contributed by atoms with van der Waals surface area (Å²) in [4.78, 5) is 34.3. The molecule has 7 nitrogen and oxygen atoms in total. The van der Waals surface area contributed by atoms with Gasteiger partial charge in [0.05, 0.1) is 22.5 Å². The molecule has 192 valence electrons. The van der Waals surface area contributed by atoms with E-state index < -0.39 is 0 Å². The Balaban J connectivity index is 1.53. The summed E-state index contributed by atoms with van der Waals surface area (Å²) in [6, 6.07) is 22.4. The van der Waals surface area contributed by atoms with Crippen molar-refractivity contribution in [2.24, 2.45) is 0 Å². The van der Waals surface area contributed by atoms with E-state index in [2.05, 4.69) is 15.6 Å². The third kappa shape index (κ3) is 5.25. The molecule has 1 aromatic heterocycles. The summed E-state index contributed by atoms with van der Waals surface area (Å²) in [5, 5.41) is 7.90. The second-order valence-corrected chi connectivity index (χ2v) is 9.97. The van der Waals surface area contributed by atoms with Gasteiger partial charge in [-0.15, -0.1) is 0 Å². The Hall–Kier alpha value is -4.20. The van der Waals surface area contributed by atoms with Crippen molar-refractivity contribution in [3.8, 4) is 0 Å². The predicted octanol–water partition coefficient (Wildman–Crippen LogP) is 5.45. The predicted molar refractivity (Wildman–Crippen MR) is 154 cm³/mol. The molecule has 5 rings (SSSR count). The van der Waals surface area contributed by atoms with Crippen LogP contribution in [0.5, 0.6) is 0 Å². The number of nitrogens with zero attached hydrogens (tertiary/aromatic N) is 3. The lowest BCUT2D eigenvalue weighted by molar-refractivity contribution is -0.110. The van der Waals surface area contributed by atoms with E-state index >= 15 is 0 Å². The number of fused-ring (bicyclic) bond motifs is 2. The molecule has 1 aliphatic heterocycles. The van der Waals surface area contributed by atoms with Gasteiger partial charge in [-0.25, -0.2) is 0 Å². The van der Waals surface area contributed by atoms with Crippen LogP contribution in [0.3, 0.4) is 0 Å². The average Bonchev–Trinajstić information content (AvgIpc) is 3.24. The van der Waals surface area contributed by atoms with Gasteiger partial charge >= 0.3 is 0 Å². The topological polar surface area (TPSA) is 77.6 Å². The molecule has 0 saturated heterocycles. The maximum Gasteiger partial charge on any atom is 0.258 e. The SMILES string of the molecule is CN(C)CCN(C)C(=O)c1ccc(N/C(=C2\C(=O)Nc3cc(Cl)ccc32)c2ccc3ncccc3c2)cc1. The fourth-order valence-electron chi connectivity index (χ4n) is 4.42. The molecule has 2 heterocycles. The van der Waals surface area contributed by atoms with E-state index in [1.54, 1.807) is 42.4 Å². The molecule has 2 N–H and O–H groups in total. The fraction of sp³-hybridized carbons (Fsp3) is 0.167. The van der Waals surface area contributed by atoms with Crippen LogP contribution in [0.25, 0.3) is 22.2 Å². The fourth-order valence-corrected chi connectivity index (χ4v) is 4.59. The van der Waals surface area contributed by atoms with Crippen LogP contribution in [-0.4, -0.2) is 60.8 Å². The summed E-state index contributed by atoms with van der Waals surface area (Å²) in [5.74, 6) is -0.259. The summed E-state index contributed by atoms with van der Waals surface area (Å²) in [6.07, 6.45) is 1.75. The number of pyridine rings is 1. The van der Waals surface area contributed by atoms with E-state index in [4.69, 9.17) is 11.6 Å². The van der Waals surface area contributed by atoms with Gasteiger partial charge in [0, 0.05) is 53.6 Å². The lowest BCUT2D eigenvalue weighted by Crippen LogP contribution is -2.33. The van der Waals surface area contributed by atoms with Gasteiger partial charge in [-0.05, 0) is 74.3 Å². The van der Waals surface area contributed by atoms with E-state index in [-0.39, 0.29) is 11.8 Å². The molecule has 0 unspecified atom stereocenters. The van der Waals surface area contributed by atoms with Crippen molar-refractivity contribution in [1.29, 1.82) is 0 Å². The van der Waals surface area contributed by atoms with Crippen molar-refractivity contribution in [3.63, 3.8) is 0 Å². The molecule has 0 atom stereocenters. The quantitative estimate of drug-likeness (QED) is 0.314. The lowest BCUT2D eigenvalue weighted by atomic mass is 9.99. The Bertz CT molecular complexity index is 1560. The zero-order valence-corrected chi connectivity index (χ0v) is 22.2. The van der Waals surface area contributed by atoms with Crippen molar-refractivity contribution >= 4 is 57.0 Å². The van der Waals surface area contributed by atoms with Gasteiger partial charge in [-0.1, -0.05) is 29.8 Å². The first kappa shape index (κ1) is 25.4. The summed E-state index contributed by atoms with van der Waals surface area (Å²) in [6.45, 7) is 1.42. The molecule has 0 fully saturated rings. The van der Waals surface area contributed by atoms with E-state index in [9.17, 15) is 9.59 Å². The molecule has 8 heteroatoms.